The van der Waals surface area contributed by atoms with Crippen LogP contribution in [-0.4, -0.2) is 23.1 Å². The molecule has 26 heavy (non-hydrogen) atoms. The van der Waals surface area contributed by atoms with E-state index in [-0.39, 0.29) is 10.8 Å². The Balaban J connectivity index is 1.54. The minimum absolute atomic E-state index is 0.120. The Morgan fingerprint density at radius 3 is 2.85 bits per heavy atom. The van der Waals surface area contributed by atoms with Crippen LogP contribution < -0.4 is 10.9 Å². The van der Waals surface area contributed by atoms with Crippen LogP contribution in [0.5, 0.6) is 0 Å². The number of fused-ring (bicyclic) bond motifs is 1. The first-order chi connectivity index (χ1) is 12.5. The van der Waals surface area contributed by atoms with Gasteiger partial charge >= 0.3 is 0 Å². The van der Waals surface area contributed by atoms with Crippen molar-refractivity contribution in [1.82, 2.24) is 9.38 Å². The summed E-state index contributed by atoms with van der Waals surface area (Å²) >= 11 is 1.40. The van der Waals surface area contributed by atoms with E-state index in [0.29, 0.717) is 27.8 Å². The van der Waals surface area contributed by atoms with Crippen LogP contribution >= 0.6 is 11.3 Å². The maximum absolute atomic E-state index is 12.7. The minimum Gasteiger partial charge on any atom is -0.379 e. The third kappa shape index (κ3) is 3.26. The number of nitrogens with one attached hydrogen (secondary N) is 1. The van der Waals surface area contributed by atoms with Crippen molar-refractivity contribution in [2.45, 2.75) is 42.4 Å². The lowest BCUT2D eigenvalue weighted by Gasteiger charge is -2.13. The Morgan fingerprint density at radius 2 is 2.04 bits per heavy atom. The topological polar surface area (TPSA) is 80.5 Å². The highest BCUT2D eigenvalue weighted by Crippen LogP contribution is 2.30. The summed E-state index contributed by atoms with van der Waals surface area (Å²) in [7, 11) is -3.28. The molecule has 0 amide bonds. The molecule has 0 radical (unpaired) electrons. The average Bonchev–Trinajstić information content (AvgIpc) is 3.32. The van der Waals surface area contributed by atoms with Gasteiger partial charge in [0.2, 0.25) is 0 Å². The molecule has 0 unspecified atom stereocenters. The standard InChI is InChI=1S/C18H19N3O3S2/c22-17-11-14(20-18-21(17)8-9-25-18)12-19-13-4-3-7-16(10-13)26(23,24)15-5-1-2-6-15/h3-4,7-11,15,19H,1-2,5-6,12H2. The fraction of sp³-hybridized carbons (Fsp3) is 0.333. The molecule has 1 aliphatic carbocycles. The molecule has 1 aromatic carbocycles. The van der Waals surface area contributed by atoms with E-state index in [2.05, 4.69) is 10.3 Å². The number of benzene rings is 1. The Morgan fingerprint density at radius 1 is 1.23 bits per heavy atom. The number of hydrogen-bond donors (Lipinski definition) is 1. The first-order valence-electron chi connectivity index (χ1n) is 8.58. The molecule has 0 aliphatic heterocycles. The molecule has 4 rings (SSSR count). The molecule has 2 aromatic heterocycles. The van der Waals surface area contributed by atoms with Gasteiger partial charge in [-0.2, -0.15) is 0 Å². The van der Waals surface area contributed by atoms with Crippen molar-refractivity contribution in [1.29, 1.82) is 0 Å². The van der Waals surface area contributed by atoms with E-state index in [4.69, 9.17) is 0 Å². The molecule has 1 aliphatic rings. The number of hydrogen-bond acceptors (Lipinski definition) is 6. The summed E-state index contributed by atoms with van der Waals surface area (Å²) in [4.78, 5) is 17.5. The van der Waals surface area contributed by atoms with Crippen molar-refractivity contribution >= 4 is 31.8 Å². The van der Waals surface area contributed by atoms with Crippen LogP contribution in [0.3, 0.4) is 0 Å². The average molecular weight is 390 g/mol. The van der Waals surface area contributed by atoms with Gasteiger partial charge in [-0.05, 0) is 31.0 Å². The van der Waals surface area contributed by atoms with Crippen LogP contribution in [0.25, 0.3) is 4.96 Å². The second-order valence-corrected chi connectivity index (χ2v) is 9.58. The zero-order valence-corrected chi connectivity index (χ0v) is 15.7. The van der Waals surface area contributed by atoms with Crippen LogP contribution in [0.4, 0.5) is 5.69 Å². The lowest BCUT2D eigenvalue weighted by atomic mass is 10.3. The molecule has 0 spiro atoms. The number of rotatable bonds is 5. The molecule has 0 saturated heterocycles. The van der Waals surface area contributed by atoms with E-state index in [9.17, 15) is 13.2 Å². The van der Waals surface area contributed by atoms with Gasteiger partial charge in [-0.15, -0.1) is 11.3 Å². The van der Waals surface area contributed by atoms with Crippen molar-refractivity contribution in [3.05, 3.63) is 58.0 Å². The van der Waals surface area contributed by atoms with Crippen LogP contribution in [0.1, 0.15) is 31.4 Å². The zero-order chi connectivity index (χ0) is 18.1. The van der Waals surface area contributed by atoms with Gasteiger partial charge in [0.1, 0.15) is 0 Å². The van der Waals surface area contributed by atoms with Gasteiger partial charge in [-0.3, -0.25) is 9.20 Å². The smallest absolute Gasteiger partial charge is 0.258 e. The summed E-state index contributed by atoms with van der Waals surface area (Å²) in [5.41, 5.74) is 1.21. The zero-order valence-electron chi connectivity index (χ0n) is 14.1. The van der Waals surface area contributed by atoms with Crippen molar-refractivity contribution in [2.75, 3.05) is 5.32 Å². The molecule has 8 heteroatoms. The highest BCUT2D eigenvalue weighted by Gasteiger charge is 2.30. The van der Waals surface area contributed by atoms with Crippen LogP contribution in [0.2, 0.25) is 0 Å². The molecule has 136 valence electrons. The number of aromatic nitrogens is 2. The van der Waals surface area contributed by atoms with Crippen LogP contribution in [0.15, 0.2) is 51.6 Å². The van der Waals surface area contributed by atoms with Crippen molar-refractivity contribution < 1.29 is 8.42 Å². The quantitative estimate of drug-likeness (QED) is 0.725. The summed E-state index contributed by atoms with van der Waals surface area (Å²) in [6.45, 7) is 0.358. The molecule has 1 N–H and O–H groups in total. The fourth-order valence-electron chi connectivity index (χ4n) is 3.35. The lowest BCUT2D eigenvalue weighted by molar-refractivity contribution is 0.579. The van der Waals surface area contributed by atoms with Gasteiger partial charge in [-0.1, -0.05) is 18.9 Å². The Labute approximate surface area is 155 Å². The van der Waals surface area contributed by atoms with Gasteiger partial charge in [0.25, 0.3) is 5.56 Å². The number of anilines is 1. The van der Waals surface area contributed by atoms with E-state index in [1.54, 1.807) is 24.4 Å². The summed E-state index contributed by atoms with van der Waals surface area (Å²) in [6, 6.07) is 8.39. The molecule has 0 atom stereocenters. The molecule has 2 heterocycles. The number of nitrogens with zero attached hydrogens (tertiary/aromatic N) is 2. The second-order valence-electron chi connectivity index (χ2n) is 6.47. The fourth-order valence-corrected chi connectivity index (χ4v) is 5.98. The number of sulfone groups is 1. The predicted molar refractivity (Wildman–Crippen MR) is 103 cm³/mol. The predicted octanol–water partition coefficient (Wildman–Crippen LogP) is 3.08. The first kappa shape index (κ1) is 17.2. The normalized spacial score (nSPS) is 15.5. The van der Waals surface area contributed by atoms with Gasteiger partial charge in [-0.25, -0.2) is 13.4 Å². The molecule has 1 saturated carbocycles. The highest BCUT2D eigenvalue weighted by molar-refractivity contribution is 7.92. The Bertz CT molecular complexity index is 1100. The summed E-state index contributed by atoms with van der Waals surface area (Å²) in [6.07, 6.45) is 5.15. The third-order valence-corrected chi connectivity index (χ3v) is 7.75. The van der Waals surface area contributed by atoms with Crippen molar-refractivity contribution in [2.24, 2.45) is 0 Å². The summed E-state index contributed by atoms with van der Waals surface area (Å²) in [5, 5.41) is 4.73. The second kappa shape index (κ2) is 6.85. The summed E-state index contributed by atoms with van der Waals surface area (Å²) < 4.78 is 27.0. The van der Waals surface area contributed by atoms with Crippen LogP contribution in [0, 0.1) is 0 Å². The van der Waals surface area contributed by atoms with Gasteiger partial charge < -0.3 is 5.32 Å². The Hall–Kier alpha value is -2.19. The molecule has 6 nitrogen and oxygen atoms in total. The first-order valence-corrected chi connectivity index (χ1v) is 11.0. The maximum atomic E-state index is 12.7. The van der Waals surface area contributed by atoms with E-state index in [1.165, 1.54) is 21.8 Å². The van der Waals surface area contributed by atoms with E-state index < -0.39 is 9.84 Å². The highest BCUT2D eigenvalue weighted by atomic mass is 32.2. The van der Waals surface area contributed by atoms with Crippen molar-refractivity contribution in [3.63, 3.8) is 0 Å². The van der Waals surface area contributed by atoms with Gasteiger partial charge in [0.05, 0.1) is 22.4 Å². The minimum atomic E-state index is -3.28. The molecular formula is C18H19N3O3S2. The van der Waals surface area contributed by atoms with E-state index in [1.807, 2.05) is 11.4 Å². The molecule has 1 fully saturated rings. The van der Waals surface area contributed by atoms with E-state index >= 15 is 0 Å². The number of thiazole rings is 1. The third-order valence-electron chi connectivity index (χ3n) is 4.73. The molecular weight excluding hydrogens is 370 g/mol. The van der Waals surface area contributed by atoms with Gasteiger partial charge in [0, 0.05) is 23.3 Å². The Kier molecular flexibility index (Phi) is 4.54. The lowest BCUT2D eigenvalue weighted by Crippen LogP contribution is -2.18. The molecule has 0 bridgehead atoms. The maximum Gasteiger partial charge on any atom is 0.258 e. The van der Waals surface area contributed by atoms with Crippen molar-refractivity contribution in [3.8, 4) is 0 Å². The monoisotopic (exact) mass is 389 g/mol. The largest absolute Gasteiger partial charge is 0.379 e. The van der Waals surface area contributed by atoms with E-state index in [0.717, 1.165) is 25.7 Å². The molecule has 3 aromatic rings. The van der Waals surface area contributed by atoms with Crippen LogP contribution in [-0.2, 0) is 16.4 Å². The SMILES string of the molecule is O=c1cc(CNc2cccc(S(=O)(=O)C3CCCC3)c2)nc2sccn12. The summed E-state index contributed by atoms with van der Waals surface area (Å²) in [5.74, 6) is 0. The van der Waals surface area contributed by atoms with Gasteiger partial charge in [0.15, 0.2) is 14.8 Å².